The summed E-state index contributed by atoms with van der Waals surface area (Å²) >= 11 is 0. The number of carbonyl (C=O) groups excluding carboxylic acids is 1. The number of hydrogen-bond donors (Lipinski definition) is 2. The standard InChI is InChI=1S/C17H19FN2O/c1-10-4-5-11(2)14(8-10)12(3)20-17(21)15-9-13(18)6-7-16(15)19/h4-9,12H,19H2,1-3H3,(H,20,21). The summed E-state index contributed by atoms with van der Waals surface area (Å²) in [5.41, 5.74) is 9.42. The van der Waals surface area contributed by atoms with E-state index < -0.39 is 5.82 Å². The Morgan fingerprint density at radius 1 is 1.19 bits per heavy atom. The minimum absolute atomic E-state index is 0.159. The molecule has 2 rings (SSSR count). The van der Waals surface area contributed by atoms with E-state index in [1.54, 1.807) is 0 Å². The van der Waals surface area contributed by atoms with Crippen LogP contribution in [-0.4, -0.2) is 5.91 Å². The van der Waals surface area contributed by atoms with Crippen LogP contribution in [0.4, 0.5) is 10.1 Å². The number of rotatable bonds is 3. The third-order valence-corrected chi connectivity index (χ3v) is 3.51. The molecular weight excluding hydrogens is 267 g/mol. The number of benzene rings is 2. The zero-order chi connectivity index (χ0) is 15.6. The fraction of sp³-hybridized carbons (Fsp3) is 0.235. The van der Waals surface area contributed by atoms with Crippen molar-refractivity contribution in [3.05, 3.63) is 64.5 Å². The van der Waals surface area contributed by atoms with E-state index in [0.717, 1.165) is 22.8 Å². The van der Waals surface area contributed by atoms with Gasteiger partial charge in [-0.25, -0.2) is 4.39 Å². The average molecular weight is 286 g/mol. The number of nitrogens with two attached hydrogens (primary N) is 1. The Labute approximate surface area is 124 Å². The molecule has 0 aliphatic rings. The van der Waals surface area contributed by atoms with Crippen molar-refractivity contribution >= 4 is 11.6 Å². The Morgan fingerprint density at radius 3 is 2.62 bits per heavy atom. The first kappa shape index (κ1) is 15.0. The van der Waals surface area contributed by atoms with E-state index in [4.69, 9.17) is 5.73 Å². The normalized spacial score (nSPS) is 12.0. The Balaban J connectivity index is 2.23. The number of halogens is 1. The molecule has 0 saturated heterocycles. The molecule has 110 valence electrons. The molecule has 3 N–H and O–H groups in total. The minimum atomic E-state index is -0.478. The van der Waals surface area contributed by atoms with E-state index in [1.807, 2.05) is 39.0 Å². The van der Waals surface area contributed by atoms with Gasteiger partial charge in [-0.1, -0.05) is 23.8 Å². The number of amides is 1. The molecule has 0 fully saturated rings. The van der Waals surface area contributed by atoms with Gasteiger partial charge in [0.1, 0.15) is 5.82 Å². The Bertz CT molecular complexity index is 682. The minimum Gasteiger partial charge on any atom is -0.398 e. The first-order chi connectivity index (χ1) is 9.88. The van der Waals surface area contributed by atoms with Crippen LogP contribution in [0.1, 0.15) is 40.0 Å². The van der Waals surface area contributed by atoms with E-state index in [2.05, 4.69) is 5.32 Å². The first-order valence-electron chi connectivity index (χ1n) is 6.81. The van der Waals surface area contributed by atoms with Crippen molar-refractivity contribution in [2.75, 3.05) is 5.73 Å². The number of nitrogen functional groups attached to an aromatic ring is 1. The predicted molar refractivity (Wildman–Crippen MR) is 82.6 cm³/mol. The summed E-state index contributed by atoms with van der Waals surface area (Å²) in [5, 5.41) is 2.86. The smallest absolute Gasteiger partial charge is 0.253 e. The number of anilines is 1. The van der Waals surface area contributed by atoms with Crippen molar-refractivity contribution < 1.29 is 9.18 Å². The topological polar surface area (TPSA) is 55.1 Å². The zero-order valence-electron chi connectivity index (χ0n) is 12.4. The third kappa shape index (κ3) is 3.40. The lowest BCUT2D eigenvalue weighted by molar-refractivity contribution is 0.0940. The monoisotopic (exact) mass is 286 g/mol. The third-order valence-electron chi connectivity index (χ3n) is 3.51. The Kier molecular flexibility index (Phi) is 4.26. The highest BCUT2D eigenvalue weighted by atomic mass is 19.1. The van der Waals surface area contributed by atoms with Crippen LogP contribution in [0, 0.1) is 19.7 Å². The molecule has 0 radical (unpaired) electrons. The van der Waals surface area contributed by atoms with Gasteiger partial charge in [-0.05, 0) is 50.1 Å². The lowest BCUT2D eigenvalue weighted by Gasteiger charge is -2.18. The second kappa shape index (κ2) is 5.95. The second-order valence-electron chi connectivity index (χ2n) is 5.29. The van der Waals surface area contributed by atoms with Gasteiger partial charge < -0.3 is 11.1 Å². The van der Waals surface area contributed by atoms with Gasteiger partial charge in [0.25, 0.3) is 5.91 Å². The van der Waals surface area contributed by atoms with Crippen molar-refractivity contribution in [3.8, 4) is 0 Å². The molecule has 0 aliphatic carbocycles. The first-order valence-corrected chi connectivity index (χ1v) is 6.81. The van der Waals surface area contributed by atoms with Gasteiger partial charge >= 0.3 is 0 Å². The molecule has 1 amide bonds. The van der Waals surface area contributed by atoms with E-state index in [1.165, 1.54) is 12.1 Å². The average Bonchev–Trinajstić information content (AvgIpc) is 2.43. The quantitative estimate of drug-likeness (QED) is 0.848. The van der Waals surface area contributed by atoms with Gasteiger partial charge in [-0.2, -0.15) is 0 Å². The molecule has 21 heavy (non-hydrogen) atoms. The van der Waals surface area contributed by atoms with Crippen molar-refractivity contribution in [2.24, 2.45) is 0 Å². The fourth-order valence-corrected chi connectivity index (χ4v) is 2.30. The van der Waals surface area contributed by atoms with E-state index in [9.17, 15) is 9.18 Å². The van der Waals surface area contributed by atoms with E-state index in [0.29, 0.717) is 0 Å². The van der Waals surface area contributed by atoms with Gasteiger partial charge in [0, 0.05) is 5.69 Å². The summed E-state index contributed by atoms with van der Waals surface area (Å²) in [6.45, 7) is 5.89. The Hall–Kier alpha value is -2.36. The predicted octanol–water partition coefficient (Wildman–Crippen LogP) is 3.52. The summed E-state index contributed by atoms with van der Waals surface area (Å²) in [7, 11) is 0. The number of carbonyl (C=O) groups is 1. The van der Waals surface area contributed by atoms with Crippen LogP contribution in [0.5, 0.6) is 0 Å². The number of hydrogen-bond acceptors (Lipinski definition) is 2. The molecule has 4 heteroatoms. The fourth-order valence-electron chi connectivity index (χ4n) is 2.30. The lowest BCUT2D eigenvalue weighted by Crippen LogP contribution is -2.28. The summed E-state index contributed by atoms with van der Waals surface area (Å²) in [5.74, 6) is -0.853. The zero-order valence-corrected chi connectivity index (χ0v) is 12.4. The molecule has 3 nitrogen and oxygen atoms in total. The van der Waals surface area contributed by atoms with Gasteiger partial charge in [-0.15, -0.1) is 0 Å². The maximum atomic E-state index is 13.2. The van der Waals surface area contributed by atoms with Crippen LogP contribution in [0.15, 0.2) is 36.4 Å². The summed E-state index contributed by atoms with van der Waals surface area (Å²) < 4.78 is 13.2. The van der Waals surface area contributed by atoms with Gasteiger partial charge in [0.2, 0.25) is 0 Å². The summed E-state index contributed by atoms with van der Waals surface area (Å²) in [6, 6.07) is 9.69. The van der Waals surface area contributed by atoms with Crippen LogP contribution < -0.4 is 11.1 Å². The maximum Gasteiger partial charge on any atom is 0.253 e. The van der Waals surface area contributed by atoms with Gasteiger partial charge in [0.15, 0.2) is 0 Å². The van der Waals surface area contributed by atoms with E-state index in [-0.39, 0.29) is 23.2 Å². The van der Waals surface area contributed by atoms with Crippen molar-refractivity contribution in [3.63, 3.8) is 0 Å². The number of aryl methyl sites for hydroxylation is 2. The number of nitrogens with one attached hydrogen (secondary N) is 1. The van der Waals surface area contributed by atoms with Gasteiger partial charge in [-0.3, -0.25) is 4.79 Å². The van der Waals surface area contributed by atoms with Crippen LogP contribution in [-0.2, 0) is 0 Å². The van der Waals surface area contributed by atoms with Crippen molar-refractivity contribution in [1.29, 1.82) is 0 Å². The summed E-state index contributed by atoms with van der Waals surface area (Å²) in [6.07, 6.45) is 0. The Morgan fingerprint density at radius 2 is 1.90 bits per heavy atom. The van der Waals surface area contributed by atoms with Crippen LogP contribution in [0.3, 0.4) is 0 Å². The lowest BCUT2D eigenvalue weighted by atomic mass is 9.99. The van der Waals surface area contributed by atoms with Crippen molar-refractivity contribution in [2.45, 2.75) is 26.8 Å². The molecule has 0 bridgehead atoms. The molecular formula is C17H19FN2O. The van der Waals surface area contributed by atoms with Crippen LogP contribution >= 0.6 is 0 Å². The highest BCUT2D eigenvalue weighted by Gasteiger charge is 2.16. The molecule has 0 spiro atoms. The highest BCUT2D eigenvalue weighted by Crippen LogP contribution is 2.20. The largest absolute Gasteiger partial charge is 0.398 e. The van der Waals surface area contributed by atoms with Crippen LogP contribution in [0.2, 0.25) is 0 Å². The molecule has 2 aromatic carbocycles. The molecule has 0 aliphatic heterocycles. The molecule has 1 unspecified atom stereocenters. The summed E-state index contributed by atoms with van der Waals surface area (Å²) in [4.78, 5) is 12.2. The molecule has 1 atom stereocenters. The molecule has 0 aromatic heterocycles. The molecule has 0 heterocycles. The SMILES string of the molecule is Cc1ccc(C)c(C(C)NC(=O)c2cc(F)ccc2N)c1. The second-order valence-corrected chi connectivity index (χ2v) is 5.29. The molecule has 0 saturated carbocycles. The van der Waals surface area contributed by atoms with E-state index >= 15 is 0 Å². The highest BCUT2D eigenvalue weighted by molar-refractivity contribution is 5.99. The molecule has 2 aromatic rings. The van der Waals surface area contributed by atoms with Crippen LogP contribution in [0.25, 0.3) is 0 Å². The van der Waals surface area contributed by atoms with Gasteiger partial charge in [0.05, 0.1) is 11.6 Å². The maximum absolute atomic E-state index is 13.2. The van der Waals surface area contributed by atoms with Crippen molar-refractivity contribution in [1.82, 2.24) is 5.32 Å².